The van der Waals surface area contributed by atoms with Gasteiger partial charge in [0.25, 0.3) is 0 Å². The number of hydrogen-bond acceptors (Lipinski definition) is 5. The molecule has 0 unspecified atom stereocenters. The van der Waals surface area contributed by atoms with Gasteiger partial charge in [0.1, 0.15) is 12.6 Å². The molecule has 3 aromatic rings. The maximum Gasteiger partial charge on any atom is 0.446 e. The molecule has 0 saturated carbocycles. The molecular formula is C26H24F6O6S. The Morgan fingerprint density at radius 3 is 1.44 bits per heavy atom. The summed E-state index contributed by atoms with van der Waals surface area (Å²) in [4.78, 5) is 21.3. The van der Waals surface area contributed by atoms with Crippen LogP contribution >= 0.6 is 0 Å². The van der Waals surface area contributed by atoms with Gasteiger partial charge >= 0.3 is 23.3 Å². The first kappa shape index (κ1) is 33.3. The fraction of sp³-hybridized carbons (Fsp3) is 0.231. The molecule has 0 spiro atoms. The van der Waals surface area contributed by atoms with E-state index in [0.717, 1.165) is 35.1 Å². The van der Waals surface area contributed by atoms with E-state index in [1.54, 1.807) is 26.0 Å². The Hall–Kier alpha value is -3.71. The van der Waals surface area contributed by atoms with Crippen LogP contribution in [0.3, 0.4) is 0 Å². The smallest absolute Gasteiger partial charge is 0.361 e. The molecule has 0 aliphatic carbocycles. The van der Waals surface area contributed by atoms with Crippen LogP contribution in [0, 0.1) is 27.7 Å². The Labute approximate surface area is 221 Å². The minimum Gasteiger partial charge on any atom is -0.361 e. The molecule has 3 aromatic carbocycles. The van der Waals surface area contributed by atoms with Gasteiger partial charge in [-0.25, -0.2) is 0 Å². The zero-order valence-electron chi connectivity index (χ0n) is 21.0. The lowest BCUT2D eigenvalue weighted by molar-refractivity contribution is -0.137. The zero-order valence-corrected chi connectivity index (χ0v) is 21.8. The number of carbonyl (C=O) groups excluding carboxylic acids is 2. The molecule has 0 heterocycles. The monoisotopic (exact) mass is 578 g/mol. The van der Waals surface area contributed by atoms with Crippen molar-refractivity contribution < 1.29 is 53.1 Å². The van der Waals surface area contributed by atoms with E-state index >= 15 is 0 Å². The summed E-state index contributed by atoms with van der Waals surface area (Å²) in [7, 11) is -4.53. The van der Waals surface area contributed by atoms with Crippen LogP contribution in [-0.4, -0.2) is 32.2 Å². The number of aryl methyl sites for hydroxylation is 4. The molecule has 212 valence electrons. The average Bonchev–Trinajstić information content (AvgIpc) is 2.80. The minimum atomic E-state index is -4.53. The largest absolute Gasteiger partial charge is 0.446 e. The van der Waals surface area contributed by atoms with Crippen LogP contribution in [0.2, 0.25) is 0 Å². The standard InChI is InChI=1S/C16H13F3O.C9H10O5S.CHF3/c1-10-7-12(9-20)8-11(2)15(10)13-3-5-14(6-4-13)16(17,18)19;1-6-3-8(5-10)4-7(2)9(6)14-15(11,12)13;2-1(3)4/h3-9H,1-2H3;3-5H,1-2H3,(H,11,12,13);1H. The number of aldehydes is 2. The predicted octanol–water partition coefficient (Wildman–Crippen LogP) is 7.28. The molecule has 0 atom stereocenters. The van der Waals surface area contributed by atoms with Crippen LogP contribution in [0.4, 0.5) is 26.3 Å². The number of halogens is 6. The molecule has 0 fully saturated rings. The van der Waals surface area contributed by atoms with Crippen molar-refractivity contribution in [1.82, 2.24) is 0 Å². The van der Waals surface area contributed by atoms with Crippen molar-refractivity contribution in [3.63, 3.8) is 0 Å². The van der Waals surface area contributed by atoms with Crippen molar-refractivity contribution >= 4 is 23.0 Å². The summed E-state index contributed by atoms with van der Waals surface area (Å²) >= 11 is 0. The van der Waals surface area contributed by atoms with Crippen molar-refractivity contribution in [1.29, 1.82) is 0 Å². The molecule has 1 N–H and O–H groups in total. The summed E-state index contributed by atoms with van der Waals surface area (Å²) < 4.78 is 101. The average molecular weight is 579 g/mol. The van der Waals surface area contributed by atoms with Crippen LogP contribution in [-0.2, 0) is 16.6 Å². The highest BCUT2D eigenvalue weighted by molar-refractivity contribution is 7.81. The number of carbonyl (C=O) groups is 2. The van der Waals surface area contributed by atoms with Crippen LogP contribution < -0.4 is 4.18 Å². The van der Waals surface area contributed by atoms with E-state index in [9.17, 15) is 44.3 Å². The summed E-state index contributed by atoms with van der Waals surface area (Å²) in [6.07, 6.45) is -2.92. The third-order valence-electron chi connectivity index (χ3n) is 5.00. The summed E-state index contributed by atoms with van der Waals surface area (Å²) in [5.74, 6) is 0.0445. The molecule has 0 aromatic heterocycles. The van der Waals surface area contributed by atoms with E-state index in [2.05, 4.69) is 4.18 Å². The molecule has 0 bridgehead atoms. The lowest BCUT2D eigenvalue weighted by Crippen LogP contribution is -2.09. The molecule has 3 rings (SSSR count). The first-order valence-corrected chi connectivity index (χ1v) is 12.2. The van der Waals surface area contributed by atoms with Gasteiger partial charge in [0.15, 0.2) is 5.75 Å². The maximum atomic E-state index is 12.5. The van der Waals surface area contributed by atoms with E-state index in [-0.39, 0.29) is 5.75 Å². The highest BCUT2D eigenvalue weighted by Gasteiger charge is 2.30. The van der Waals surface area contributed by atoms with E-state index in [1.165, 1.54) is 24.3 Å². The second kappa shape index (κ2) is 13.9. The van der Waals surface area contributed by atoms with Gasteiger partial charge in [0, 0.05) is 11.1 Å². The quantitative estimate of drug-likeness (QED) is 0.194. The molecule has 6 nitrogen and oxygen atoms in total. The summed E-state index contributed by atoms with van der Waals surface area (Å²) in [5, 5.41) is 0. The third-order valence-corrected chi connectivity index (χ3v) is 5.38. The fourth-order valence-electron chi connectivity index (χ4n) is 3.63. The number of alkyl halides is 6. The van der Waals surface area contributed by atoms with Crippen molar-refractivity contribution in [3.05, 3.63) is 87.5 Å². The van der Waals surface area contributed by atoms with Gasteiger partial charge in [-0.2, -0.15) is 34.8 Å². The second-order valence-corrected chi connectivity index (χ2v) is 9.10. The Balaban J connectivity index is 0.000000354. The molecule has 13 heteroatoms. The van der Waals surface area contributed by atoms with Crippen molar-refractivity contribution in [2.75, 3.05) is 0 Å². The first-order chi connectivity index (χ1) is 17.9. The first-order valence-electron chi connectivity index (χ1n) is 10.8. The Morgan fingerprint density at radius 2 is 1.13 bits per heavy atom. The van der Waals surface area contributed by atoms with E-state index < -0.39 is 28.8 Å². The van der Waals surface area contributed by atoms with Crippen molar-refractivity contribution in [2.45, 2.75) is 40.6 Å². The fourth-order valence-corrected chi connectivity index (χ4v) is 4.11. The van der Waals surface area contributed by atoms with Gasteiger partial charge in [0.2, 0.25) is 0 Å². The van der Waals surface area contributed by atoms with Crippen LogP contribution in [0.5, 0.6) is 5.75 Å². The maximum absolute atomic E-state index is 12.5. The number of benzene rings is 3. The minimum absolute atomic E-state index is 0.0445. The lowest BCUT2D eigenvalue weighted by Gasteiger charge is -2.12. The Morgan fingerprint density at radius 1 is 0.769 bits per heavy atom. The molecular weight excluding hydrogens is 554 g/mol. The highest BCUT2D eigenvalue weighted by Crippen LogP contribution is 2.33. The molecule has 0 radical (unpaired) electrons. The lowest BCUT2D eigenvalue weighted by atomic mass is 9.93. The normalized spacial score (nSPS) is 11.1. The summed E-state index contributed by atoms with van der Waals surface area (Å²) in [6.45, 7) is 3.18. The predicted molar refractivity (Wildman–Crippen MR) is 132 cm³/mol. The molecule has 0 aliphatic heterocycles. The zero-order chi connectivity index (χ0) is 30.1. The Kier molecular flexibility index (Phi) is 11.9. The SMILES string of the molecule is Cc1cc(C=O)cc(C)c1-c1ccc(C(F)(F)F)cc1.Cc1cc(C=O)cc(C)c1OS(=O)(=O)O.FC(F)F. The van der Waals surface area contributed by atoms with Gasteiger partial charge in [-0.3, -0.25) is 14.1 Å². The number of rotatable bonds is 5. The second-order valence-electron chi connectivity index (χ2n) is 8.08. The van der Waals surface area contributed by atoms with Gasteiger partial charge in [-0.15, -0.1) is 0 Å². The molecule has 39 heavy (non-hydrogen) atoms. The third kappa shape index (κ3) is 10.9. The topological polar surface area (TPSA) is 97.7 Å². The van der Waals surface area contributed by atoms with E-state index in [4.69, 9.17) is 4.55 Å². The van der Waals surface area contributed by atoms with Crippen molar-refractivity contribution in [2.24, 2.45) is 0 Å². The Bertz CT molecular complexity index is 1350. The summed E-state index contributed by atoms with van der Waals surface area (Å²) in [6, 6.07) is 11.5. The van der Waals surface area contributed by atoms with Gasteiger partial charge in [-0.1, -0.05) is 12.1 Å². The molecule has 0 aliphatic rings. The summed E-state index contributed by atoms with van der Waals surface area (Å²) in [5.41, 5.74) is 4.57. The highest BCUT2D eigenvalue weighted by atomic mass is 32.3. The van der Waals surface area contributed by atoms with E-state index in [0.29, 0.717) is 34.1 Å². The van der Waals surface area contributed by atoms with Gasteiger partial charge < -0.3 is 4.18 Å². The van der Waals surface area contributed by atoms with Crippen molar-refractivity contribution in [3.8, 4) is 16.9 Å². The van der Waals surface area contributed by atoms with Crippen LogP contribution in [0.1, 0.15) is 48.5 Å². The van der Waals surface area contributed by atoms with E-state index in [1.807, 2.05) is 13.8 Å². The molecule has 0 saturated heterocycles. The van der Waals surface area contributed by atoms with Gasteiger partial charge in [0.05, 0.1) is 5.56 Å². The van der Waals surface area contributed by atoms with Crippen LogP contribution in [0.15, 0.2) is 48.5 Å². The van der Waals surface area contributed by atoms with Gasteiger partial charge in [-0.05, 0) is 97.5 Å². The number of hydrogen-bond donors (Lipinski definition) is 1. The molecule has 0 amide bonds. The van der Waals surface area contributed by atoms with Crippen LogP contribution in [0.25, 0.3) is 11.1 Å².